The predicted octanol–water partition coefficient (Wildman–Crippen LogP) is 2.22. The van der Waals surface area contributed by atoms with Crippen LogP contribution in [0.25, 0.3) is 22.2 Å². The summed E-state index contributed by atoms with van der Waals surface area (Å²) in [7, 11) is 1.45. The summed E-state index contributed by atoms with van der Waals surface area (Å²) in [6.07, 6.45) is 3.29. The van der Waals surface area contributed by atoms with Crippen molar-refractivity contribution in [1.29, 1.82) is 0 Å². The number of carbonyl (C=O) groups is 1. The molecule has 1 amide bonds. The molecule has 0 radical (unpaired) electrons. The van der Waals surface area contributed by atoms with Crippen LogP contribution in [0.15, 0.2) is 41.5 Å². The van der Waals surface area contributed by atoms with Gasteiger partial charge in [-0.25, -0.2) is 18.6 Å². The number of amides is 1. The van der Waals surface area contributed by atoms with Gasteiger partial charge in [-0.2, -0.15) is 14.6 Å². The van der Waals surface area contributed by atoms with E-state index in [1.165, 1.54) is 28.4 Å². The number of halogens is 2. The molecule has 0 aliphatic carbocycles. The third-order valence-corrected chi connectivity index (χ3v) is 6.41. The van der Waals surface area contributed by atoms with Crippen LogP contribution in [0.2, 0.25) is 0 Å². The summed E-state index contributed by atoms with van der Waals surface area (Å²) >= 11 is 0. The third-order valence-electron chi connectivity index (χ3n) is 6.41. The van der Waals surface area contributed by atoms with Crippen LogP contribution in [0.5, 0.6) is 0 Å². The molecule has 36 heavy (non-hydrogen) atoms. The quantitative estimate of drug-likeness (QED) is 0.374. The van der Waals surface area contributed by atoms with Crippen molar-refractivity contribution in [2.45, 2.75) is 26.6 Å². The second kappa shape index (κ2) is 8.05. The highest BCUT2D eigenvalue weighted by molar-refractivity contribution is 5.92. The SMILES string of the molecule is CNC(=O)c1ccc(-n2cc3c(n2)CN(Cc2ccc4c([nH]c(=O)c5c(C)cnn54)c2F)C3)c(F)n1. The van der Waals surface area contributed by atoms with Gasteiger partial charge in [0.2, 0.25) is 5.95 Å². The molecule has 0 atom stereocenters. The van der Waals surface area contributed by atoms with Gasteiger partial charge in [-0.1, -0.05) is 6.07 Å². The van der Waals surface area contributed by atoms with Crippen LogP contribution < -0.4 is 10.9 Å². The molecule has 1 aliphatic rings. The van der Waals surface area contributed by atoms with E-state index in [9.17, 15) is 14.0 Å². The first-order chi connectivity index (χ1) is 17.3. The number of aryl methyl sites for hydroxylation is 1. The topological polar surface area (TPSA) is 113 Å². The molecule has 0 saturated heterocycles. The standard InChI is InChI=1S/C24H20F2N8O2/c1-12-7-28-34-17-5-3-13(19(25)20(17)30-24(36)21(12)34)8-32-9-14-10-33(31-16(14)11-32)18-6-4-15(23(35)27-2)29-22(18)26/h3-7,10H,8-9,11H2,1-2H3,(H,27,35)(H,30,36). The lowest BCUT2D eigenvalue weighted by atomic mass is 10.1. The maximum Gasteiger partial charge on any atom is 0.274 e. The highest BCUT2D eigenvalue weighted by Gasteiger charge is 2.25. The van der Waals surface area contributed by atoms with E-state index in [1.807, 2.05) is 4.90 Å². The third kappa shape index (κ3) is 3.37. The molecule has 0 unspecified atom stereocenters. The van der Waals surface area contributed by atoms with E-state index in [0.29, 0.717) is 41.8 Å². The van der Waals surface area contributed by atoms with Crippen LogP contribution in [-0.2, 0) is 19.6 Å². The molecule has 0 fully saturated rings. The van der Waals surface area contributed by atoms with Gasteiger partial charge in [0.25, 0.3) is 11.5 Å². The fourth-order valence-electron chi connectivity index (χ4n) is 4.64. The Balaban J connectivity index is 1.24. The average molecular weight is 490 g/mol. The van der Waals surface area contributed by atoms with Gasteiger partial charge < -0.3 is 10.3 Å². The van der Waals surface area contributed by atoms with E-state index < -0.39 is 23.2 Å². The number of fused-ring (bicyclic) bond motifs is 4. The number of nitrogens with zero attached hydrogens (tertiary/aromatic N) is 6. The van der Waals surface area contributed by atoms with Crippen molar-refractivity contribution in [3.8, 4) is 5.69 Å². The average Bonchev–Trinajstić information content (AvgIpc) is 3.54. The fourth-order valence-corrected chi connectivity index (χ4v) is 4.64. The number of aromatic nitrogens is 6. The first-order valence-corrected chi connectivity index (χ1v) is 11.2. The van der Waals surface area contributed by atoms with Gasteiger partial charge in [-0.05, 0) is 25.1 Å². The number of pyridine rings is 1. The van der Waals surface area contributed by atoms with Crippen molar-refractivity contribution in [3.05, 3.63) is 86.9 Å². The van der Waals surface area contributed by atoms with Crippen LogP contribution in [0.1, 0.15) is 32.9 Å². The molecule has 5 heterocycles. The lowest BCUT2D eigenvalue weighted by molar-refractivity contribution is 0.0957. The molecule has 0 bridgehead atoms. The van der Waals surface area contributed by atoms with E-state index in [0.717, 1.165) is 11.3 Å². The van der Waals surface area contributed by atoms with Gasteiger partial charge in [-0.15, -0.1) is 0 Å². The lowest BCUT2D eigenvalue weighted by Crippen LogP contribution is -2.20. The monoisotopic (exact) mass is 490 g/mol. The van der Waals surface area contributed by atoms with E-state index in [-0.39, 0.29) is 16.9 Å². The summed E-state index contributed by atoms with van der Waals surface area (Å²) in [4.78, 5) is 32.5. The maximum absolute atomic E-state index is 15.4. The number of H-pyrrole nitrogens is 1. The van der Waals surface area contributed by atoms with Crippen molar-refractivity contribution < 1.29 is 13.6 Å². The molecular formula is C24H20F2N8O2. The summed E-state index contributed by atoms with van der Waals surface area (Å²) in [5, 5.41) is 11.1. The van der Waals surface area contributed by atoms with Crippen LogP contribution in [-0.4, -0.2) is 47.2 Å². The van der Waals surface area contributed by atoms with Gasteiger partial charge in [0.05, 0.1) is 17.4 Å². The van der Waals surface area contributed by atoms with E-state index in [1.54, 1.807) is 31.5 Å². The Labute approximate surface area is 202 Å². The Hall–Kier alpha value is -4.45. The fraction of sp³-hybridized carbons (Fsp3) is 0.208. The molecular weight excluding hydrogens is 470 g/mol. The summed E-state index contributed by atoms with van der Waals surface area (Å²) < 4.78 is 32.8. The second-order valence-electron chi connectivity index (χ2n) is 8.75. The maximum atomic E-state index is 15.4. The molecule has 1 aliphatic heterocycles. The van der Waals surface area contributed by atoms with Gasteiger partial charge >= 0.3 is 0 Å². The molecule has 5 aromatic rings. The summed E-state index contributed by atoms with van der Waals surface area (Å²) in [5.41, 5.74) is 3.48. The molecule has 10 nitrogen and oxygen atoms in total. The molecule has 6 rings (SSSR count). The zero-order valence-electron chi connectivity index (χ0n) is 19.3. The summed E-state index contributed by atoms with van der Waals surface area (Å²) in [5.74, 6) is -1.78. The minimum Gasteiger partial charge on any atom is -0.354 e. The molecule has 12 heteroatoms. The van der Waals surface area contributed by atoms with Crippen molar-refractivity contribution in [1.82, 2.24) is 39.6 Å². The smallest absolute Gasteiger partial charge is 0.274 e. The van der Waals surface area contributed by atoms with Gasteiger partial charge in [0.15, 0.2) is 5.82 Å². The normalized spacial score (nSPS) is 13.6. The van der Waals surface area contributed by atoms with Crippen LogP contribution in [0.4, 0.5) is 8.78 Å². The Morgan fingerprint density at radius 2 is 2.03 bits per heavy atom. The molecule has 4 aromatic heterocycles. The van der Waals surface area contributed by atoms with Crippen LogP contribution in [0.3, 0.4) is 0 Å². The van der Waals surface area contributed by atoms with Crippen molar-refractivity contribution in [3.63, 3.8) is 0 Å². The zero-order valence-corrected chi connectivity index (χ0v) is 19.3. The van der Waals surface area contributed by atoms with Crippen LogP contribution >= 0.6 is 0 Å². The van der Waals surface area contributed by atoms with Crippen molar-refractivity contribution in [2.24, 2.45) is 0 Å². The Bertz CT molecular complexity index is 1730. The molecule has 0 spiro atoms. The second-order valence-corrected chi connectivity index (χ2v) is 8.75. The minimum atomic E-state index is -0.803. The van der Waals surface area contributed by atoms with E-state index >= 15 is 4.39 Å². The Morgan fingerprint density at radius 1 is 1.19 bits per heavy atom. The summed E-state index contributed by atoms with van der Waals surface area (Å²) in [6.45, 7) is 3.01. The number of rotatable bonds is 4. The number of hydrogen-bond donors (Lipinski definition) is 2. The minimum absolute atomic E-state index is 0.0215. The van der Waals surface area contributed by atoms with E-state index in [2.05, 4.69) is 25.5 Å². The largest absolute Gasteiger partial charge is 0.354 e. The first kappa shape index (κ1) is 22.0. The highest BCUT2D eigenvalue weighted by atomic mass is 19.1. The number of aromatic amines is 1. The molecule has 2 N–H and O–H groups in total. The molecule has 1 aromatic carbocycles. The molecule has 182 valence electrons. The number of benzene rings is 1. The van der Waals surface area contributed by atoms with Gasteiger partial charge in [0, 0.05) is 49.6 Å². The van der Waals surface area contributed by atoms with Crippen molar-refractivity contribution in [2.75, 3.05) is 7.05 Å². The zero-order chi connectivity index (χ0) is 25.1. The summed E-state index contributed by atoms with van der Waals surface area (Å²) in [6, 6.07) is 6.33. The van der Waals surface area contributed by atoms with Crippen molar-refractivity contribution >= 4 is 22.5 Å². The first-order valence-electron chi connectivity index (χ1n) is 11.2. The number of hydrogen-bond acceptors (Lipinski definition) is 6. The number of nitrogens with one attached hydrogen (secondary N) is 2. The Morgan fingerprint density at radius 3 is 2.78 bits per heavy atom. The number of carbonyl (C=O) groups excluding carboxylic acids is 1. The Kier molecular flexibility index (Phi) is 4.93. The van der Waals surface area contributed by atoms with Crippen LogP contribution in [0, 0.1) is 18.7 Å². The highest BCUT2D eigenvalue weighted by Crippen LogP contribution is 2.27. The van der Waals surface area contributed by atoms with Gasteiger partial charge in [-0.3, -0.25) is 14.5 Å². The molecule has 0 saturated carbocycles. The van der Waals surface area contributed by atoms with Gasteiger partial charge in [0.1, 0.15) is 22.4 Å². The predicted molar refractivity (Wildman–Crippen MR) is 126 cm³/mol. The lowest BCUT2D eigenvalue weighted by Gasteiger charge is -2.16. The van der Waals surface area contributed by atoms with E-state index in [4.69, 9.17) is 0 Å².